The van der Waals surface area contributed by atoms with Crippen LogP contribution in [0, 0.1) is 27.7 Å². The van der Waals surface area contributed by atoms with E-state index in [0.29, 0.717) is 23.0 Å². The lowest BCUT2D eigenvalue weighted by Gasteiger charge is -2.14. The third-order valence-corrected chi connectivity index (χ3v) is 6.02. The zero-order valence-electron chi connectivity index (χ0n) is 17.7. The SMILES string of the molecule is Cc1cc(C)c(C(=O)COC(=O)c2ccc3c(=O)n4c(nc3c2)CCC4)c(C)c1C. The van der Waals surface area contributed by atoms with Gasteiger partial charge in [-0.3, -0.25) is 14.2 Å². The summed E-state index contributed by atoms with van der Waals surface area (Å²) in [4.78, 5) is 42.4. The summed E-state index contributed by atoms with van der Waals surface area (Å²) in [5, 5.41) is 0.481. The van der Waals surface area contributed by atoms with E-state index < -0.39 is 5.97 Å². The standard InChI is InChI=1S/C24H24N2O4/c1-13-10-14(2)22(16(4)15(13)3)20(27)12-30-24(29)17-7-8-18-19(11-17)25-21-6-5-9-26(21)23(18)28/h7-8,10-11H,5-6,9,12H2,1-4H3. The summed E-state index contributed by atoms with van der Waals surface area (Å²) in [6.07, 6.45) is 1.65. The molecular formula is C24H24N2O4. The lowest BCUT2D eigenvalue weighted by Crippen LogP contribution is -2.21. The lowest BCUT2D eigenvalue weighted by atomic mass is 9.92. The van der Waals surface area contributed by atoms with Crippen LogP contribution < -0.4 is 5.56 Å². The summed E-state index contributed by atoms with van der Waals surface area (Å²) < 4.78 is 6.98. The van der Waals surface area contributed by atoms with Crippen LogP contribution in [0.3, 0.4) is 0 Å². The summed E-state index contributed by atoms with van der Waals surface area (Å²) in [7, 11) is 0. The van der Waals surface area contributed by atoms with E-state index in [4.69, 9.17) is 4.74 Å². The van der Waals surface area contributed by atoms with Gasteiger partial charge >= 0.3 is 5.97 Å². The molecule has 0 unspecified atom stereocenters. The molecule has 2 aromatic carbocycles. The maximum Gasteiger partial charge on any atom is 0.338 e. The Hall–Kier alpha value is -3.28. The molecule has 0 spiro atoms. The molecule has 0 saturated carbocycles. The normalized spacial score (nSPS) is 12.8. The molecule has 1 aliphatic heterocycles. The van der Waals surface area contributed by atoms with Crippen LogP contribution in [0.5, 0.6) is 0 Å². The molecule has 3 aromatic rings. The van der Waals surface area contributed by atoms with Gasteiger partial charge in [-0.2, -0.15) is 0 Å². The van der Waals surface area contributed by atoms with Gasteiger partial charge in [0, 0.05) is 18.5 Å². The molecule has 1 aromatic heterocycles. The van der Waals surface area contributed by atoms with Gasteiger partial charge in [-0.15, -0.1) is 0 Å². The van der Waals surface area contributed by atoms with E-state index in [-0.39, 0.29) is 23.5 Å². The third-order valence-electron chi connectivity index (χ3n) is 6.02. The van der Waals surface area contributed by atoms with Crippen LogP contribution in [0.25, 0.3) is 10.9 Å². The van der Waals surface area contributed by atoms with Gasteiger partial charge < -0.3 is 4.74 Å². The highest BCUT2D eigenvalue weighted by Gasteiger charge is 2.20. The van der Waals surface area contributed by atoms with Crippen molar-refractivity contribution in [2.75, 3.05) is 6.61 Å². The van der Waals surface area contributed by atoms with E-state index >= 15 is 0 Å². The molecule has 6 nitrogen and oxygen atoms in total. The molecule has 0 fully saturated rings. The van der Waals surface area contributed by atoms with Crippen molar-refractivity contribution < 1.29 is 14.3 Å². The first-order valence-electron chi connectivity index (χ1n) is 10.1. The predicted octanol–water partition coefficient (Wildman–Crippen LogP) is 3.62. The topological polar surface area (TPSA) is 78.3 Å². The minimum absolute atomic E-state index is 0.0803. The second-order valence-electron chi connectivity index (χ2n) is 7.95. The van der Waals surface area contributed by atoms with Crippen molar-refractivity contribution in [3.05, 3.63) is 73.8 Å². The number of esters is 1. The zero-order valence-corrected chi connectivity index (χ0v) is 17.7. The van der Waals surface area contributed by atoms with Crippen molar-refractivity contribution in [2.24, 2.45) is 0 Å². The second-order valence-corrected chi connectivity index (χ2v) is 7.95. The number of carbonyl (C=O) groups excluding carboxylic acids is 2. The Morgan fingerprint density at radius 1 is 1.07 bits per heavy atom. The van der Waals surface area contributed by atoms with Gasteiger partial charge in [0.05, 0.1) is 16.5 Å². The van der Waals surface area contributed by atoms with Crippen LogP contribution in [0.2, 0.25) is 0 Å². The summed E-state index contributed by atoms with van der Waals surface area (Å²) in [5.41, 5.74) is 5.27. The molecule has 0 radical (unpaired) electrons. The molecule has 0 amide bonds. The number of rotatable bonds is 4. The predicted molar refractivity (Wildman–Crippen MR) is 114 cm³/mol. The zero-order chi connectivity index (χ0) is 21.6. The Bertz CT molecular complexity index is 1270. The van der Waals surface area contributed by atoms with E-state index in [1.807, 2.05) is 33.8 Å². The van der Waals surface area contributed by atoms with Gasteiger partial charge in [0.25, 0.3) is 5.56 Å². The number of Topliss-reactive ketones (excluding diaryl/α,β-unsaturated/α-hetero) is 1. The summed E-state index contributed by atoms with van der Waals surface area (Å²) in [6.45, 7) is 8.14. The number of benzene rings is 2. The van der Waals surface area contributed by atoms with Gasteiger partial charge in [-0.1, -0.05) is 6.07 Å². The maximum atomic E-state index is 12.7. The number of hydrogen-bond donors (Lipinski definition) is 0. The van der Waals surface area contributed by atoms with Gasteiger partial charge in [0.15, 0.2) is 6.61 Å². The Morgan fingerprint density at radius 3 is 2.60 bits per heavy atom. The molecule has 0 bridgehead atoms. The quantitative estimate of drug-likeness (QED) is 0.490. The first kappa shape index (κ1) is 20.0. The molecule has 0 atom stereocenters. The first-order valence-corrected chi connectivity index (χ1v) is 10.1. The number of hydrogen-bond acceptors (Lipinski definition) is 5. The number of aromatic nitrogens is 2. The van der Waals surface area contributed by atoms with Crippen LogP contribution in [0.1, 0.15) is 55.2 Å². The molecule has 4 rings (SSSR count). The number of ether oxygens (including phenoxy) is 1. The number of nitrogens with zero attached hydrogens (tertiary/aromatic N) is 2. The van der Waals surface area contributed by atoms with E-state index in [2.05, 4.69) is 4.98 Å². The average Bonchev–Trinajstić information content (AvgIpc) is 3.19. The van der Waals surface area contributed by atoms with Crippen molar-refractivity contribution in [1.82, 2.24) is 9.55 Å². The second kappa shape index (κ2) is 7.52. The van der Waals surface area contributed by atoms with Gasteiger partial charge in [0.2, 0.25) is 5.78 Å². The fourth-order valence-electron chi connectivity index (χ4n) is 4.21. The molecule has 0 saturated heterocycles. The summed E-state index contributed by atoms with van der Waals surface area (Å²) in [5.74, 6) is -0.0860. The molecule has 1 aliphatic rings. The van der Waals surface area contributed by atoms with Gasteiger partial charge in [-0.25, -0.2) is 9.78 Å². The third kappa shape index (κ3) is 3.32. The fraction of sp³-hybridized carbons (Fsp3) is 0.333. The highest BCUT2D eigenvalue weighted by Crippen LogP contribution is 2.22. The highest BCUT2D eigenvalue weighted by molar-refractivity contribution is 6.02. The molecule has 2 heterocycles. The highest BCUT2D eigenvalue weighted by atomic mass is 16.5. The van der Waals surface area contributed by atoms with Crippen LogP contribution in [0.4, 0.5) is 0 Å². The Morgan fingerprint density at radius 2 is 1.83 bits per heavy atom. The molecule has 0 N–H and O–H groups in total. The minimum Gasteiger partial charge on any atom is -0.454 e. The monoisotopic (exact) mass is 404 g/mol. The van der Waals surface area contributed by atoms with Gasteiger partial charge in [-0.05, 0) is 74.6 Å². The van der Waals surface area contributed by atoms with Crippen LogP contribution in [0.15, 0.2) is 29.1 Å². The number of ketones is 1. The Balaban J connectivity index is 1.56. The fourth-order valence-corrected chi connectivity index (χ4v) is 4.21. The number of fused-ring (bicyclic) bond motifs is 2. The molecule has 0 aliphatic carbocycles. The van der Waals surface area contributed by atoms with Gasteiger partial charge in [0.1, 0.15) is 5.82 Å². The molecule has 6 heteroatoms. The molecule has 154 valence electrons. The van der Waals surface area contributed by atoms with E-state index in [1.165, 1.54) is 0 Å². The number of aryl methyl sites for hydroxylation is 3. The van der Waals surface area contributed by atoms with E-state index in [1.54, 1.807) is 22.8 Å². The van der Waals surface area contributed by atoms with Crippen molar-refractivity contribution in [3.63, 3.8) is 0 Å². The number of carbonyl (C=O) groups is 2. The van der Waals surface area contributed by atoms with Crippen molar-refractivity contribution in [1.29, 1.82) is 0 Å². The Labute approximate surface area is 174 Å². The molecular weight excluding hydrogens is 380 g/mol. The Kier molecular flexibility index (Phi) is 5.02. The van der Waals surface area contributed by atoms with Crippen molar-refractivity contribution in [2.45, 2.75) is 47.1 Å². The largest absolute Gasteiger partial charge is 0.454 e. The summed E-state index contributed by atoms with van der Waals surface area (Å²) in [6, 6.07) is 6.69. The smallest absolute Gasteiger partial charge is 0.338 e. The van der Waals surface area contributed by atoms with E-state index in [9.17, 15) is 14.4 Å². The van der Waals surface area contributed by atoms with Crippen LogP contribution in [-0.2, 0) is 17.7 Å². The average molecular weight is 404 g/mol. The maximum absolute atomic E-state index is 12.7. The summed E-state index contributed by atoms with van der Waals surface area (Å²) >= 11 is 0. The van der Waals surface area contributed by atoms with Crippen molar-refractivity contribution >= 4 is 22.7 Å². The minimum atomic E-state index is -0.605. The van der Waals surface area contributed by atoms with Crippen LogP contribution >= 0.6 is 0 Å². The lowest BCUT2D eigenvalue weighted by molar-refractivity contribution is 0.0474. The molecule has 30 heavy (non-hydrogen) atoms. The van der Waals surface area contributed by atoms with Crippen molar-refractivity contribution in [3.8, 4) is 0 Å². The van der Waals surface area contributed by atoms with Crippen LogP contribution in [-0.4, -0.2) is 27.9 Å². The first-order chi connectivity index (χ1) is 14.3. The van der Waals surface area contributed by atoms with E-state index in [0.717, 1.165) is 40.9 Å².